The minimum atomic E-state index is -4.15. The van der Waals surface area contributed by atoms with Gasteiger partial charge in [0.2, 0.25) is 0 Å². The molecule has 1 saturated heterocycles. The Morgan fingerprint density at radius 2 is 1.35 bits per heavy atom. The van der Waals surface area contributed by atoms with Crippen LogP contribution in [0.2, 0.25) is 0 Å². The predicted molar refractivity (Wildman–Crippen MR) is 116 cm³/mol. The summed E-state index contributed by atoms with van der Waals surface area (Å²) < 4.78 is 48.1. The highest BCUT2D eigenvalue weighted by Gasteiger charge is 2.34. The summed E-state index contributed by atoms with van der Waals surface area (Å²) in [5, 5.41) is 8.72. The summed E-state index contributed by atoms with van der Waals surface area (Å²) in [5.74, 6) is -0.246. The van der Waals surface area contributed by atoms with E-state index in [0.29, 0.717) is 19.4 Å². The molecule has 4 unspecified atom stereocenters. The van der Waals surface area contributed by atoms with E-state index in [2.05, 4.69) is 4.52 Å². The predicted octanol–water partition coefficient (Wildman–Crippen LogP) is 4.18. The Morgan fingerprint density at radius 3 is 1.94 bits per heavy atom. The first-order valence-electron chi connectivity index (χ1n) is 11.2. The maximum Gasteiger partial charge on any atom is 0.472 e. The van der Waals surface area contributed by atoms with Crippen LogP contribution in [-0.2, 0) is 32.0 Å². The third kappa shape index (κ3) is 14.8. The van der Waals surface area contributed by atoms with Crippen molar-refractivity contribution >= 4 is 15.6 Å². The third-order valence-electron chi connectivity index (χ3n) is 5.24. The molecule has 1 aliphatic rings. The molecule has 1 fully saturated rings. The zero-order chi connectivity index (χ0) is 23.0. The van der Waals surface area contributed by atoms with Crippen LogP contribution in [0.1, 0.15) is 70.6 Å². The third-order valence-corrected chi connectivity index (χ3v) is 7.16. The molecule has 0 aliphatic carbocycles. The normalized spacial score (nSPS) is 23.0. The lowest BCUT2D eigenvalue weighted by Gasteiger charge is -2.20. The lowest BCUT2D eigenvalue weighted by Crippen LogP contribution is -2.25. The molecule has 1 rings (SSSR count). The molecule has 12 heteroatoms. The van der Waals surface area contributed by atoms with Crippen LogP contribution in [0.5, 0.6) is 0 Å². The van der Waals surface area contributed by atoms with E-state index in [4.69, 9.17) is 23.4 Å². The molecule has 1 heterocycles. The Balaban J connectivity index is 2.07. The first-order valence-corrected chi connectivity index (χ1v) is 14.2. The topological polar surface area (TPSA) is 141 Å². The summed E-state index contributed by atoms with van der Waals surface area (Å²) in [7, 11) is -7.18. The maximum absolute atomic E-state index is 12.0. The number of hydrogen-bond acceptors (Lipinski definition) is 8. The summed E-state index contributed by atoms with van der Waals surface area (Å²) in [6, 6.07) is 0. The van der Waals surface area contributed by atoms with Gasteiger partial charge in [-0.15, -0.1) is 0 Å². The van der Waals surface area contributed by atoms with Gasteiger partial charge in [0, 0.05) is 26.2 Å². The molecule has 0 aromatic heterocycles. The summed E-state index contributed by atoms with van der Waals surface area (Å²) >= 11 is 0. The maximum atomic E-state index is 12.0. The van der Waals surface area contributed by atoms with Crippen molar-refractivity contribution in [2.24, 2.45) is 5.92 Å². The first kappa shape index (κ1) is 29.2. The van der Waals surface area contributed by atoms with Crippen LogP contribution in [-0.4, -0.2) is 61.1 Å². The van der Waals surface area contributed by atoms with Crippen molar-refractivity contribution in [3.8, 4) is 0 Å². The van der Waals surface area contributed by atoms with Crippen LogP contribution in [0.15, 0.2) is 0 Å². The molecular formula is C19H40O10P2. The van der Waals surface area contributed by atoms with E-state index in [9.17, 15) is 18.9 Å². The highest BCUT2D eigenvalue weighted by molar-refractivity contribution is 7.47. The van der Waals surface area contributed by atoms with Crippen LogP contribution in [0.4, 0.5) is 0 Å². The number of aliphatic hydroxyl groups excluding tert-OH is 1. The number of ether oxygens (including phenoxy) is 1. The van der Waals surface area contributed by atoms with Gasteiger partial charge >= 0.3 is 15.6 Å². The Hall–Kier alpha value is 0.140. The van der Waals surface area contributed by atoms with Gasteiger partial charge in [-0.3, -0.25) is 18.1 Å². The van der Waals surface area contributed by atoms with Crippen LogP contribution in [0.25, 0.3) is 0 Å². The van der Waals surface area contributed by atoms with Crippen molar-refractivity contribution in [2.45, 2.75) is 76.7 Å². The molecule has 0 bridgehead atoms. The van der Waals surface area contributed by atoms with E-state index < -0.39 is 21.7 Å². The molecule has 0 radical (unpaired) electrons. The highest BCUT2D eigenvalue weighted by atomic mass is 31.2. The van der Waals surface area contributed by atoms with Gasteiger partial charge < -0.3 is 19.6 Å². The molecule has 4 atom stereocenters. The molecule has 186 valence electrons. The summed E-state index contributed by atoms with van der Waals surface area (Å²) in [4.78, 5) is 19.1. The van der Waals surface area contributed by atoms with Gasteiger partial charge in [-0.25, -0.2) is 9.13 Å². The van der Waals surface area contributed by atoms with Crippen molar-refractivity contribution in [2.75, 3.05) is 40.1 Å². The van der Waals surface area contributed by atoms with Crippen LogP contribution in [0, 0.1) is 5.92 Å². The quantitative estimate of drug-likeness (QED) is 0.168. The summed E-state index contributed by atoms with van der Waals surface area (Å²) in [5.41, 5.74) is 0. The van der Waals surface area contributed by atoms with Gasteiger partial charge in [-0.2, -0.15) is 0 Å². The van der Waals surface area contributed by atoms with Crippen molar-refractivity contribution in [1.29, 1.82) is 0 Å². The van der Waals surface area contributed by atoms with Gasteiger partial charge in [0.15, 0.2) is 0 Å². The van der Waals surface area contributed by atoms with E-state index in [0.717, 1.165) is 39.2 Å². The summed E-state index contributed by atoms with van der Waals surface area (Å²) in [6.45, 7) is 0.605. The Kier molecular flexibility index (Phi) is 15.7. The van der Waals surface area contributed by atoms with Crippen molar-refractivity contribution in [1.82, 2.24) is 0 Å². The van der Waals surface area contributed by atoms with Gasteiger partial charge in [0.1, 0.15) is 0 Å². The van der Waals surface area contributed by atoms with Crippen LogP contribution in [0.3, 0.4) is 0 Å². The lowest BCUT2D eigenvalue weighted by atomic mass is 10.0. The Labute approximate surface area is 185 Å². The Bertz CT molecular complexity index is 548. The Morgan fingerprint density at radius 1 is 0.806 bits per heavy atom. The van der Waals surface area contributed by atoms with Gasteiger partial charge in [-0.05, 0) is 19.3 Å². The van der Waals surface area contributed by atoms with Gasteiger partial charge in [-0.1, -0.05) is 51.4 Å². The zero-order valence-corrected chi connectivity index (χ0v) is 20.4. The number of aliphatic hydroxyl groups is 1. The van der Waals surface area contributed by atoms with E-state index in [1.54, 1.807) is 0 Å². The molecule has 0 spiro atoms. The monoisotopic (exact) mass is 490 g/mol. The number of rotatable bonds is 20. The molecule has 0 amide bonds. The minimum Gasteiger partial charge on any atom is -0.396 e. The molecule has 0 saturated carbocycles. The van der Waals surface area contributed by atoms with Crippen molar-refractivity contribution in [3.05, 3.63) is 0 Å². The largest absolute Gasteiger partial charge is 0.472 e. The highest BCUT2D eigenvalue weighted by Crippen LogP contribution is 2.45. The van der Waals surface area contributed by atoms with Crippen molar-refractivity contribution < 1.29 is 46.9 Å². The average molecular weight is 490 g/mol. The standard InChI is InChI=1S/C19H40O10P2/c1-25-30(21,22)29-17-19-18(12-15-26-19)16-28-31(23,24)27-14-11-9-7-5-3-2-4-6-8-10-13-20/h18-20H,2-17H2,1H3,(H,21,22)(H,23,24). The smallest absolute Gasteiger partial charge is 0.396 e. The zero-order valence-electron chi connectivity index (χ0n) is 18.6. The fourth-order valence-corrected chi connectivity index (χ4v) is 4.58. The molecule has 31 heavy (non-hydrogen) atoms. The molecule has 0 aromatic carbocycles. The fraction of sp³-hybridized carbons (Fsp3) is 1.00. The molecular weight excluding hydrogens is 450 g/mol. The van der Waals surface area contributed by atoms with E-state index in [-0.39, 0.29) is 32.3 Å². The second kappa shape index (κ2) is 16.7. The lowest BCUT2D eigenvalue weighted by molar-refractivity contribution is 0.0209. The first-order chi connectivity index (χ1) is 14.8. The molecule has 3 N–H and O–H groups in total. The minimum absolute atomic E-state index is 0.0666. The average Bonchev–Trinajstić information content (AvgIpc) is 3.19. The molecule has 10 nitrogen and oxygen atoms in total. The molecule has 1 aliphatic heterocycles. The van der Waals surface area contributed by atoms with Crippen LogP contribution >= 0.6 is 15.6 Å². The van der Waals surface area contributed by atoms with Gasteiger partial charge in [0.25, 0.3) is 0 Å². The van der Waals surface area contributed by atoms with E-state index in [1.807, 2.05) is 0 Å². The number of phosphoric ester groups is 2. The SMILES string of the molecule is COP(=O)(O)OCC1OCCC1COP(=O)(O)OCCCCCCCCCCCCO. The van der Waals surface area contributed by atoms with Crippen molar-refractivity contribution in [3.63, 3.8) is 0 Å². The molecule has 0 aromatic rings. The number of phosphoric acid groups is 2. The number of unbranched alkanes of at least 4 members (excludes halogenated alkanes) is 9. The second-order valence-electron chi connectivity index (χ2n) is 7.76. The van der Waals surface area contributed by atoms with Crippen LogP contribution < -0.4 is 0 Å². The fourth-order valence-electron chi connectivity index (χ4n) is 3.32. The van der Waals surface area contributed by atoms with E-state index >= 15 is 0 Å². The number of hydrogen-bond donors (Lipinski definition) is 3. The summed E-state index contributed by atoms with van der Waals surface area (Å²) in [6.07, 6.45) is 10.7. The van der Waals surface area contributed by atoms with E-state index in [1.165, 1.54) is 25.7 Å². The van der Waals surface area contributed by atoms with Gasteiger partial charge in [0.05, 0.1) is 25.9 Å². The second-order valence-corrected chi connectivity index (χ2v) is 10.8.